The minimum atomic E-state index is 0.424. The minimum absolute atomic E-state index is 0.424. The van der Waals surface area contributed by atoms with E-state index in [0.29, 0.717) is 75.8 Å². The van der Waals surface area contributed by atoms with Crippen LogP contribution in [0.15, 0.2) is 36.9 Å². The van der Waals surface area contributed by atoms with E-state index in [1.165, 1.54) is 6.20 Å². The lowest BCUT2D eigenvalue weighted by Crippen LogP contribution is -2.14. The van der Waals surface area contributed by atoms with Gasteiger partial charge in [-0.1, -0.05) is 5.21 Å². The first-order valence-electron chi connectivity index (χ1n) is 12.6. The fourth-order valence-electron chi connectivity index (χ4n) is 3.80. The lowest BCUT2D eigenvalue weighted by molar-refractivity contribution is 0.0141. The zero-order valence-corrected chi connectivity index (χ0v) is 21.0. The number of ether oxygens (including phenoxy) is 3. The predicted octanol–water partition coefficient (Wildman–Crippen LogP) is 1.53. The second-order valence-electron chi connectivity index (χ2n) is 8.80. The molecule has 4 aromatic heterocycles. The zero-order valence-electron chi connectivity index (χ0n) is 21.0. The maximum atomic E-state index is 9.14. The van der Waals surface area contributed by atoms with Crippen molar-refractivity contribution in [3.8, 4) is 23.1 Å². The molecule has 1 saturated carbocycles. The summed E-state index contributed by atoms with van der Waals surface area (Å²) in [4.78, 5) is 9.04. The Bertz CT molecular complexity index is 1390. The molecule has 4 heterocycles. The summed E-state index contributed by atoms with van der Waals surface area (Å²) in [6, 6.07) is 6.24. The molecule has 0 aliphatic heterocycles. The molecule has 0 bridgehead atoms. The summed E-state index contributed by atoms with van der Waals surface area (Å²) in [5.41, 5.74) is 8.97. The molecule has 3 N–H and O–H groups in total. The van der Waals surface area contributed by atoms with E-state index in [4.69, 9.17) is 25.2 Å². The summed E-state index contributed by atoms with van der Waals surface area (Å²) in [6.45, 7) is 4.17. The summed E-state index contributed by atoms with van der Waals surface area (Å²) in [7, 11) is 0. The number of nitrogens with two attached hydrogens (primary N) is 1. The molecule has 13 heteroatoms. The van der Waals surface area contributed by atoms with Crippen LogP contribution in [-0.2, 0) is 20.8 Å². The molecule has 1 aliphatic carbocycles. The molecule has 38 heavy (non-hydrogen) atoms. The molecule has 13 nitrogen and oxygen atoms in total. The number of aromatic nitrogens is 7. The first-order valence-corrected chi connectivity index (χ1v) is 12.6. The van der Waals surface area contributed by atoms with E-state index in [0.717, 1.165) is 35.2 Å². The number of hydrogen-bond acceptors (Lipinski definition) is 11. The van der Waals surface area contributed by atoms with Gasteiger partial charge in [0, 0.05) is 47.7 Å². The number of fused-ring (bicyclic) bond motifs is 1. The van der Waals surface area contributed by atoms with Crippen LogP contribution in [0.5, 0.6) is 0 Å². The normalized spacial score (nSPS) is 13.2. The van der Waals surface area contributed by atoms with Crippen LogP contribution in [0.4, 0.5) is 5.69 Å². The van der Waals surface area contributed by atoms with Crippen molar-refractivity contribution in [2.24, 2.45) is 5.73 Å². The van der Waals surface area contributed by atoms with Gasteiger partial charge >= 0.3 is 0 Å². The number of nitrogens with zero attached hydrogens (tertiary/aromatic N) is 8. The van der Waals surface area contributed by atoms with Crippen LogP contribution in [0.3, 0.4) is 0 Å². The smallest absolute Gasteiger partial charge is 0.164 e. The first-order chi connectivity index (χ1) is 18.7. The van der Waals surface area contributed by atoms with E-state index in [1.54, 1.807) is 27.8 Å². The highest BCUT2D eigenvalue weighted by molar-refractivity contribution is 5.79. The van der Waals surface area contributed by atoms with Crippen molar-refractivity contribution in [1.82, 2.24) is 34.7 Å². The number of nitriles is 1. The van der Waals surface area contributed by atoms with Crippen molar-refractivity contribution in [3.63, 3.8) is 0 Å². The van der Waals surface area contributed by atoms with Gasteiger partial charge in [0.05, 0.1) is 64.1 Å². The van der Waals surface area contributed by atoms with Crippen molar-refractivity contribution < 1.29 is 14.2 Å². The molecular formula is C25H30N10O3. The van der Waals surface area contributed by atoms with E-state index in [2.05, 4.69) is 36.8 Å². The SMILES string of the molecule is N#Cc1cnc2c(cnn2-c2cc(NC3CC3)c(-c3cn(CCOCCOCCOCCN)nn3)cn2)c1. The first kappa shape index (κ1) is 25.7. The standard InChI is InChI=1S/C25H30N10O3/c26-3-5-36-7-9-38-10-8-37-6-4-34-17-23(32-33-34)21-16-28-24(12-22(21)31-20-1-2-20)35-25-19(15-30-35)11-18(13-27)14-29-25/h11-12,14-17,20H,1-10,26H2,(H,28,31). The Balaban J connectivity index is 1.21. The third-order valence-corrected chi connectivity index (χ3v) is 5.87. The molecule has 0 atom stereocenters. The van der Waals surface area contributed by atoms with E-state index in [9.17, 15) is 0 Å². The summed E-state index contributed by atoms with van der Waals surface area (Å²) in [5.74, 6) is 0.623. The van der Waals surface area contributed by atoms with Gasteiger partial charge < -0.3 is 25.3 Å². The van der Waals surface area contributed by atoms with Gasteiger partial charge in [-0.05, 0) is 18.9 Å². The second-order valence-corrected chi connectivity index (χ2v) is 8.80. The van der Waals surface area contributed by atoms with E-state index in [-0.39, 0.29) is 0 Å². The Morgan fingerprint density at radius 1 is 1.00 bits per heavy atom. The Kier molecular flexibility index (Phi) is 8.46. The summed E-state index contributed by atoms with van der Waals surface area (Å²) in [5, 5.41) is 26.6. The van der Waals surface area contributed by atoms with Crippen LogP contribution < -0.4 is 11.1 Å². The molecule has 0 radical (unpaired) electrons. The molecule has 4 aromatic rings. The van der Waals surface area contributed by atoms with Crippen molar-refractivity contribution in [1.29, 1.82) is 5.26 Å². The molecular weight excluding hydrogens is 488 g/mol. The van der Waals surface area contributed by atoms with Crippen molar-refractivity contribution in [2.75, 3.05) is 51.5 Å². The van der Waals surface area contributed by atoms with Crippen molar-refractivity contribution >= 4 is 16.7 Å². The highest BCUT2D eigenvalue weighted by atomic mass is 16.5. The topological polar surface area (TPSA) is 164 Å². The van der Waals surface area contributed by atoms with Gasteiger partial charge in [0.25, 0.3) is 0 Å². The van der Waals surface area contributed by atoms with Gasteiger partial charge in [-0.2, -0.15) is 15.0 Å². The number of anilines is 1. The van der Waals surface area contributed by atoms with Crippen LogP contribution in [-0.4, -0.2) is 87.0 Å². The van der Waals surface area contributed by atoms with Crippen molar-refractivity contribution in [3.05, 3.63) is 42.5 Å². The number of pyridine rings is 2. The maximum Gasteiger partial charge on any atom is 0.164 e. The lowest BCUT2D eigenvalue weighted by atomic mass is 10.1. The van der Waals surface area contributed by atoms with Gasteiger partial charge in [0.15, 0.2) is 11.5 Å². The Hall–Kier alpha value is -3.96. The van der Waals surface area contributed by atoms with Crippen LogP contribution in [0.25, 0.3) is 28.1 Å². The van der Waals surface area contributed by atoms with E-state index < -0.39 is 0 Å². The molecule has 0 saturated heterocycles. The van der Waals surface area contributed by atoms with Crippen LogP contribution in [0.1, 0.15) is 18.4 Å². The molecule has 1 fully saturated rings. The molecule has 1 aliphatic rings. The van der Waals surface area contributed by atoms with E-state index >= 15 is 0 Å². The number of hydrogen-bond donors (Lipinski definition) is 2. The molecule has 198 valence electrons. The number of rotatable bonds is 15. The highest BCUT2D eigenvalue weighted by Gasteiger charge is 2.24. The number of nitrogens with one attached hydrogen (secondary N) is 1. The van der Waals surface area contributed by atoms with Gasteiger partial charge in [-0.15, -0.1) is 5.10 Å². The quantitative estimate of drug-likeness (QED) is 0.219. The Morgan fingerprint density at radius 3 is 2.55 bits per heavy atom. The summed E-state index contributed by atoms with van der Waals surface area (Å²) >= 11 is 0. The van der Waals surface area contributed by atoms with Crippen LogP contribution in [0, 0.1) is 11.3 Å². The van der Waals surface area contributed by atoms with Crippen LogP contribution in [0.2, 0.25) is 0 Å². The van der Waals surface area contributed by atoms with Crippen LogP contribution >= 0.6 is 0 Å². The van der Waals surface area contributed by atoms with Gasteiger partial charge in [0.2, 0.25) is 0 Å². The Labute approximate surface area is 219 Å². The minimum Gasteiger partial charge on any atom is -0.382 e. The fourth-order valence-corrected chi connectivity index (χ4v) is 3.80. The second kappa shape index (κ2) is 12.5. The van der Waals surface area contributed by atoms with Gasteiger partial charge in [-0.3, -0.25) is 0 Å². The van der Waals surface area contributed by atoms with Gasteiger partial charge in [-0.25, -0.2) is 14.6 Å². The largest absolute Gasteiger partial charge is 0.382 e. The molecule has 0 spiro atoms. The molecule has 0 amide bonds. The predicted molar refractivity (Wildman–Crippen MR) is 139 cm³/mol. The third kappa shape index (κ3) is 6.48. The Morgan fingerprint density at radius 2 is 1.79 bits per heavy atom. The summed E-state index contributed by atoms with van der Waals surface area (Å²) in [6.07, 6.45) is 9.12. The average molecular weight is 519 g/mol. The van der Waals surface area contributed by atoms with E-state index in [1.807, 2.05) is 12.3 Å². The van der Waals surface area contributed by atoms with Gasteiger partial charge in [0.1, 0.15) is 11.8 Å². The highest BCUT2D eigenvalue weighted by Crippen LogP contribution is 2.32. The summed E-state index contributed by atoms with van der Waals surface area (Å²) < 4.78 is 19.8. The third-order valence-electron chi connectivity index (χ3n) is 5.87. The lowest BCUT2D eigenvalue weighted by Gasteiger charge is -2.11. The monoisotopic (exact) mass is 518 g/mol. The molecule has 0 aromatic carbocycles. The molecule has 5 rings (SSSR count). The fraction of sp³-hybridized carbons (Fsp3) is 0.440. The zero-order chi connectivity index (χ0) is 26.2. The van der Waals surface area contributed by atoms with Crippen molar-refractivity contribution in [2.45, 2.75) is 25.4 Å². The maximum absolute atomic E-state index is 9.14. The molecule has 0 unspecified atom stereocenters. The average Bonchev–Trinajstić information content (AvgIpc) is 3.46.